The highest BCUT2D eigenvalue weighted by Crippen LogP contribution is 2.22. The lowest BCUT2D eigenvalue weighted by atomic mass is 10.2. The topological polar surface area (TPSA) is 90.7 Å². The highest BCUT2D eigenvalue weighted by molar-refractivity contribution is 6.31. The molecule has 0 aliphatic heterocycles. The summed E-state index contributed by atoms with van der Waals surface area (Å²) in [5.41, 5.74) is 2.60. The van der Waals surface area contributed by atoms with Crippen LogP contribution in [0.3, 0.4) is 0 Å². The maximum atomic E-state index is 11.6. The summed E-state index contributed by atoms with van der Waals surface area (Å²) in [6.45, 7) is 1.78. The van der Waals surface area contributed by atoms with E-state index in [1.807, 2.05) is 4.98 Å². The number of halogens is 1. The Bertz CT molecular complexity index is 786. The van der Waals surface area contributed by atoms with Crippen LogP contribution in [-0.2, 0) is 0 Å². The Kier molecular flexibility index (Phi) is 3.40. The zero-order valence-corrected chi connectivity index (χ0v) is 10.7. The molecule has 1 aromatic heterocycles. The molecule has 2 rings (SSSR count). The molecule has 2 N–H and O–H groups in total. The number of aromatic nitrogens is 2. The second-order valence-corrected chi connectivity index (χ2v) is 4.22. The number of nitrogens with zero attached hydrogens (tertiary/aromatic N) is 2. The number of rotatable bonds is 2. The van der Waals surface area contributed by atoms with Crippen LogP contribution < -0.4 is 16.7 Å². The molecule has 6 nitrogen and oxygen atoms in total. The number of nitrogens with one attached hydrogen (secondary N) is 2. The molecule has 96 valence electrons. The summed E-state index contributed by atoms with van der Waals surface area (Å²) in [6, 6.07) is 6.87. The van der Waals surface area contributed by atoms with E-state index in [2.05, 4.69) is 5.43 Å². The minimum atomic E-state index is -0.714. The van der Waals surface area contributed by atoms with Gasteiger partial charge in [-0.2, -0.15) is 5.26 Å². The molecule has 0 bridgehead atoms. The summed E-state index contributed by atoms with van der Waals surface area (Å²) in [7, 11) is 0. The van der Waals surface area contributed by atoms with Gasteiger partial charge in [-0.1, -0.05) is 17.7 Å². The molecule has 0 saturated heterocycles. The van der Waals surface area contributed by atoms with Crippen molar-refractivity contribution in [2.75, 3.05) is 5.43 Å². The zero-order valence-electron chi connectivity index (χ0n) is 9.90. The number of nitriles is 1. The number of hydrogen-bond acceptors (Lipinski definition) is 4. The van der Waals surface area contributed by atoms with Crippen molar-refractivity contribution >= 4 is 17.3 Å². The minimum Gasteiger partial charge on any atom is -0.290 e. The van der Waals surface area contributed by atoms with Crippen molar-refractivity contribution in [2.24, 2.45) is 0 Å². The van der Waals surface area contributed by atoms with E-state index in [1.54, 1.807) is 31.2 Å². The molecule has 0 atom stereocenters. The third kappa shape index (κ3) is 2.51. The van der Waals surface area contributed by atoms with E-state index in [0.29, 0.717) is 10.7 Å². The van der Waals surface area contributed by atoms with E-state index in [-0.39, 0.29) is 5.56 Å². The Balaban J connectivity index is 2.50. The summed E-state index contributed by atoms with van der Waals surface area (Å²) in [4.78, 5) is 24.9. The molecule has 1 aromatic carbocycles. The van der Waals surface area contributed by atoms with Crippen molar-refractivity contribution in [3.8, 4) is 6.07 Å². The van der Waals surface area contributed by atoms with Gasteiger partial charge in [-0.15, -0.1) is 0 Å². The Hall–Kier alpha value is -2.52. The predicted molar refractivity (Wildman–Crippen MR) is 71.2 cm³/mol. The third-order valence-electron chi connectivity index (χ3n) is 2.57. The van der Waals surface area contributed by atoms with Crippen molar-refractivity contribution in [1.82, 2.24) is 9.66 Å². The summed E-state index contributed by atoms with van der Waals surface area (Å²) in [5.74, 6) is 0. The summed E-state index contributed by atoms with van der Waals surface area (Å²) >= 11 is 5.97. The normalized spacial score (nSPS) is 9.95. The number of H-pyrrole nitrogens is 1. The van der Waals surface area contributed by atoms with Gasteiger partial charge in [-0.25, -0.2) is 9.47 Å². The van der Waals surface area contributed by atoms with Gasteiger partial charge in [0.1, 0.15) is 11.6 Å². The van der Waals surface area contributed by atoms with Crippen LogP contribution in [0.4, 0.5) is 5.69 Å². The van der Waals surface area contributed by atoms with Gasteiger partial charge >= 0.3 is 5.69 Å². The first-order valence-electron chi connectivity index (χ1n) is 5.31. The highest BCUT2D eigenvalue weighted by atomic mass is 35.5. The Morgan fingerprint density at radius 3 is 2.84 bits per heavy atom. The van der Waals surface area contributed by atoms with Crippen LogP contribution in [0.2, 0.25) is 5.02 Å². The fourth-order valence-electron chi connectivity index (χ4n) is 1.49. The third-order valence-corrected chi connectivity index (χ3v) is 2.98. The maximum absolute atomic E-state index is 11.6. The van der Waals surface area contributed by atoms with Crippen molar-refractivity contribution in [2.45, 2.75) is 6.92 Å². The van der Waals surface area contributed by atoms with Crippen LogP contribution in [0, 0.1) is 18.3 Å². The summed E-state index contributed by atoms with van der Waals surface area (Å²) in [5, 5.41) is 9.31. The standard InChI is InChI=1S/C12H9ClN4O2/c1-7-9(13)3-2-4-10(7)16-17-6-8(5-14)11(18)15-12(17)19/h2-4,6,16H,1H3,(H,15,18,19). The van der Waals surface area contributed by atoms with Gasteiger partial charge < -0.3 is 0 Å². The fourth-order valence-corrected chi connectivity index (χ4v) is 1.67. The first-order chi connectivity index (χ1) is 9.02. The molecule has 0 aliphatic carbocycles. The molecule has 2 aromatic rings. The average molecular weight is 277 g/mol. The molecule has 7 heteroatoms. The molecule has 0 spiro atoms. The molecular formula is C12H9ClN4O2. The van der Waals surface area contributed by atoms with Gasteiger partial charge in [0.2, 0.25) is 0 Å². The van der Waals surface area contributed by atoms with Crippen molar-refractivity contribution in [1.29, 1.82) is 5.26 Å². The Morgan fingerprint density at radius 1 is 1.42 bits per heavy atom. The van der Waals surface area contributed by atoms with Gasteiger partial charge in [0.25, 0.3) is 5.56 Å². The fraction of sp³-hybridized carbons (Fsp3) is 0.0833. The Labute approximate surface area is 112 Å². The predicted octanol–water partition coefficient (Wildman–Crippen LogP) is 1.25. The number of anilines is 1. The van der Waals surface area contributed by atoms with E-state index in [4.69, 9.17) is 16.9 Å². The van der Waals surface area contributed by atoms with Crippen LogP contribution in [0.5, 0.6) is 0 Å². The number of hydrogen-bond donors (Lipinski definition) is 2. The van der Waals surface area contributed by atoms with Gasteiger partial charge in [0.15, 0.2) is 0 Å². The molecule has 0 fully saturated rings. The van der Waals surface area contributed by atoms with E-state index in [9.17, 15) is 9.59 Å². The van der Waals surface area contributed by atoms with Crippen LogP contribution in [0.25, 0.3) is 0 Å². The molecule has 0 saturated carbocycles. The second-order valence-electron chi connectivity index (χ2n) is 3.81. The quantitative estimate of drug-likeness (QED) is 0.863. The second kappa shape index (κ2) is 5.00. The van der Waals surface area contributed by atoms with Crippen molar-refractivity contribution in [3.05, 3.63) is 61.4 Å². The monoisotopic (exact) mass is 276 g/mol. The van der Waals surface area contributed by atoms with Crippen LogP contribution in [0.1, 0.15) is 11.1 Å². The highest BCUT2D eigenvalue weighted by Gasteiger charge is 2.06. The summed E-state index contributed by atoms with van der Waals surface area (Å²) in [6.07, 6.45) is 1.14. The van der Waals surface area contributed by atoms with E-state index in [1.165, 1.54) is 0 Å². The van der Waals surface area contributed by atoms with Crippen LogP contribution in [0.15, 0.2) is 34.0 Å². The van der Waals surface area contributed by atoms with Crippen LogP contribution >= 0.6 is 11.6 Å². The molecular weight excluding hydrogens is 268 g/mol. The van der Waals surface area contributed by atoms with Gasteiger partial charge in [0.05, 0.1) is 11.9 Å². The SMILES string of the molecule is Cc1c(Cl)cccc1Nn1cc(C#N)c(=O)[nH]c1=O. The first-order valence-corrected chi connectivity index (χ1v) is 5.69. The molecule has 0 unspecified atom stereocenters. The largest absolute Gasteiger partial charge is 0.347 e. The average Bonchev–Trinajstić information content (AvgIpc) is 2.38. The maximum Gasteiger partial charge on any atom is 0.347 e. The Morgan fingerprint density at radius 2 is 2.16 bits per heavy atom. The van der Waals surface area contributed by atoms with Crippen LogP contribution in [-0.4, -0.2) is 9.66 Å². The zero-order chi connectivity index (χ0) is 14.0. The number of aromatic amines is 1. The smallest absolute Gasteiger partial charge is 0.290 e. The molecule has 0 aliphatic rings. The van der Waals surface area contributed by atoms with Crippen molar-refractivity contribution < 1.29 is 0 Å². The lowest BCUT2D eigenvalue weighted by molar-refractivity contribution is 0.824. The van der Waals surface area contributed by atoms with Gasteiger partial charge in [-0.05, 0) is 24.6 Å². The van der Waals surface area contributed by atoms with Gasteiger partial charge in [-0.3, -0.25) is 15.2 Å². The lowest BCUT2D eigenvalue weighted by Crippen LogP contribution is -2.34. The lowest BCUT2D eigenvalue weighted by Gasteiger charge is -2.12. The minimum absolute atomic E-state index is 0.160. The number of benzene rings is 1. The van der Waals surface area contributed by atoms with E-state index >= 15 is 0 Å². The molecule has 19 heavy (non-hydrogen) atoms. The first kappa shape index (κ1) is 12.9. The molecule has 1 heterocycles. The summed E-state index contributed by atoms with van der Waals surface area (Å²) < 4.78 is 1.03. The molecule has 0 amide bonds. The van der Waals surface area contributed by atoms with E-state index < -0.39 is 11.2 Å². The van der Waals surface area contributed by atoms with Crippen molar-refractivity contribution in [3.63, 3.8) is 0 Å². The van der Waals surface area contributed by atoms with E-state index in [0.717, 1.165) is 16.4 Å². The van der Waals surface area contributed by atoms with Gasteiger partial charge in [0, 0.05) is 5.02 Å². The molecule has 0 radical (unpaired) electrons.